The Balaban J connectivity index is 1.50. The van der Waals surface area contributed by atoms with Crippen LogP contribution in [0.5, 0.6) is 0 Å². The van der Waals surface area contributed by atoms with Crippen LogP contribution in [0.2, 0.25) is 0 Å². The summed E-state index contributed by atoms with van der Waals surface area (Å²) in [6.45, 7) is 20.9. The van der Waals surface area contributed by atoms with Gasteiger partial charge in [-0.25, -0.2) is 0 Å². The first kappa shape index (κ1) is 27.8. The highest BCUT2D eigenvalue weighted by molar-refractivity contribution is 7.00. The lowest BCUT2D eigenvalue weighted by Gasteiger charge is -2.45. The third-order valence-corrected chi connectivity index (χ3v) is 11.7. The fourth-order valence-electron chi connectivity index (χ4n) is 8.64. The summed E-state index contributed by atoms with van der Waals surface area (Å²) in [5.41, 5.74) is 11.2. The van der Waals surface area contributed by atoms with E-state index in [0.717, 1.165) is 50.4 Å². The van der Waals surface area contributed by atoms with Crippen molar-refractivity contribution in [1.82, 2.24) is 0 Å². The van der Waals surface area contributed by atoms with E-state index in [1.54, 1.807) is 0 Å². The van der Waals surface area contributed by atoms with Gasteiger partial charge in [0.1, 0.15) is 0 Å². The summed E-state index contributed by atoms with van der Waals surface area (Å²) in [7, 11) is 0. The molecule has 0 bridgehead atoms. The number of rotatable bonds is 4. The highest BCUT2D eigenvalue weighted by atomic mass is 15.2. The van der Waals surface area contributed by atoms with E-state index in [2.05, 4.69) is 112 Å². The Morgan fingerprint density at radius 1 is 0.466 bits per heavy atom. The molecule has 0 saturated heterocycles. The van der Waals surface area contributed by atoms with E-state index in [0.29, 0.717) is 11.3 Å². The predicted molar refractivity (Wildman–Crippen MR) is 252 cm³/mol. The SMILES string of the molecule is [2H]c1c([2H])c([2H])c(-c2cc(C(C)(C)C)cc(-c3c([2H])c([2H])c([2H])c([2H])c3[2H])c2N2c3ccccc3B3c4cc(C(C)(C)C)ccc4N(c4ccc(C(C)(C)C)cc4)c4cc(C)cc2c43)c([2H])c1[2H]. The van der Waals surface area contributed by atoms with Gasteiger partial charge in [-0.15, -0.1) is 0 Å². The van der Waals surface area contributed by atoms with Crippen molar-refractivity contribution in [1.29, 1.82) is 0 Å². The Morgan fingerprint density at radius 3 is 1.52 bits per heavy atom. The molecule has 7 aromatic rings. The Kier molecular flexibility index (Phi) is 6.54. The van der Waals surface area contributed by atoms with E-state index in [1.165, 1.54) is 11.1 Å². The second-order valence-electron chi connectivity index (χ2n) is 18.9. The van der Waals surface area contributed by atoms with Gasteiger partial charge in [-0.1, -0.05) is 165 Å². The first-order valence-electron chi connectivity index (χ1n) is 25.2. The number of anilines is 6. The molecule has 2 aliphatic heterocycles. The Bertz CT molecular complexity index is 3120. The molecule has 0 amide bonds. The molecule has 0 aromatic heterocycles. The molecule has 0 aliphatic carbocycles. The second-order valence-corrected chi connectivity index (χ2v) is 18.9. The van der Waals surface area contributed by atoms with Crippen LogP contribution in [0.4, 0.5) is 34.1 Å². The summed E-state index contributed by atoms with van der Waals surface area (Å²) >= 11 is 0. The van der Waals surface area contributed by atoms with Gasteiger partial charge in [-0.05, 0) is 121 Å². The van der Waals surface area contributed by atoms with E-state index in [9.17, 15) is 5.48 Å². The monoisotopic (exact) mass is 765 g/mol. The molecule has 0 saturated carbocycles. The van der Waals surface area contributed by atoms with Gasteiger partial charge in [0.05, 0.1) is 19.4 Å². The lowest BCUT2D eigenvalue weighted by molar-refractivity contribution is 0.590. The van der Waals surface area contributed by atoms with Gasteiger partial charge in [0.2, 0.25) is 0 Å². The summed E-state index contributed by atoms with van der Waals surface area (Å²) in [4.78, 5) is 4.37. The van der Waals surface area contributed by atoms with Crippen molar-refractivity contribution in [3.05, 3.63) is 174 Å². The lowest BCUT2D eigenvalue weighted by atomic mass is 9.33. The number of nitrogens with zero attached hydrogens (tertiary/aromatic N) is 2. The fraction of sp³-hybridized carbons (Fsp3) is 0.236. The van der Waals surface area contributed by atoms with Crippen LogP contribution in [-0.2, 0) is 16.2 Å². The predicted octanol–water partition coefficient (Wildman–Crippen LogP) is 13.3. The molecule has 0 unspecified atom stereocenters. The lowest BCUT2D eigenvalue weighted by Crippen LogP contribution is -2.61. The van der Waals surface area contributed by atoms with Crippen molar-refractivity contribution < 1.29 is 13.7 Å². The van der Waals surface area contributed by atoms with Crippen LogP contribution >= 0.6 is 0 Å². The number of hydrogen-bond acceptors (Lipinski definition) is 2. The number of para-hydroxylation sites is 1. The standard InChI is InChI=1S/C55H55BN2/c1-36-31-49-51-50(32-36)58(52-43(37-19-13-11-14-20-37)33-41(55(8,9)10)34-44(52)38-21-15-12-16-22-38)47-24-18-17-23-45(47)56(51)46-35-40(54(5,6)7)27-30-48(46)57(49)42-28-25-39(26-29-42)53(2,3)4/h11-35H,1-10H3/i11D,12D,13D,14D,15D,16D,19D,20D,21D,22D. The average Bonchev–Trinajstić information content (AvgIpc) is 3.28. The van der Waals surface area contributed by atoms with E-state index in [-0.39, 0.29) is 39.8 Å². The van der Waals surface area contributed by atoms with Gasteiger partial charge >= 0.3 is 0 Å². The number of aryl methyl sites for hydroxylation is 1. The molecule has 58 heavy (non-hydrogen) atoms. The Hall–Kier alpha value is -5.80. The second kappa shape index (κ2) is 13.7. The summed E-state index contributed by atoms with van der Waals surface area (Å²) in [6.07, 6.45) is 0. The van der Waals surface area contributed by atoms with Gasteiger partial charge in [0, 0.05) is 39.6 Å². The fourth-order valence-corrected chi connectivity index (χ4v) is 8.64. The van der Waals surface area contributed by atoms with Crippen LogP contribution in [0.3, 0.4) is 0 Å². The molecule has 0 radical (unpaired) electrons. The highest BCUT2D eigenvalue weighted by Crippen LogP contribution is 2.51. The summed E-state index contributed by atoms with van der Waals surface area (Å²) in [6, 6.07) is 26.8. The van der Waals surface area contributed by atoms with Gasteiger partial charge in [0.15, 0.2) is 0 Å². The van der Waals surface area contributed by atoms with Crippen LogP contribution in [-0.4, -0.2) is 6.71 Å². The smallest absolute Gasteiger partial charge is 0.252 e. The summed E-state index contributed by atoms with van der Waals surface area (Å²) < 4.78 is 90.7. The molecule has 2 nitrogen and oxygen atoms in total. The molecular formula is C55H55BN2. The largest absolute Gasteiger partial charge is 0.311 e. The molecular weight excluding hydrogens is 699 g/mol. The minimum absolute atomic E-state index is 0.0624. The average molecular weight is 765 g/mol. The summed E-state index contributed by atoms with van der Waals surface area (Å²) in [5, 5.41) is 0. The van der Waals surface area contributed by atoms with Crippen LogP contribution in [0.1, 0.15) is 98.3 Å². The van der Waals surface area contributed by atoms with E-state index in [1.807, 2.05) is 58.0 Å². The zero-order valence-corrected chi connectivity index (χ0v) is 35.1. The van der Waals surface area contributed by atoms with Gasteiger partial charge in [-0.2, -0.15) is 0 Å². The zero-order valence-electron chi connectivity index (χ0n) is 45.1. The third-order valence-electron chi connectivity index (χ3n) is 11.7. The number of hydrogen-bond donors (Lipinski definition) is 0. The van der Waals surface area contributed by atoms with Crippen LogP contribution in [0, 0.1) is 6.92 Å². The molecule has 2 aliphatic rings. The Labute approximate surface area is 361 Å². The zero-order chi connectivity index (χ0) is 49.4. The molecule has 288 valence electrons. The third kappa shape index (κ3) is 6.36. The van der Waals surface area contributed by atoms with Crippen molar-refractivity contribution >= 4 is 57.2 Å². The van der Waals surface area contributed by atoms with Gasteiger partial charge in [0.25, 0.3) is 6.71 Å². The molecule has 0 atom stereocenters. The molecule has 9 rings (SSSR count). The maximum Gasteiger partial charge on any atom is 0.252 e. The minimum Gasteiger partial charge on any atom is -0.311 e. The van der Waals surface area contributed by atoms with E-state index < -0.39 is 65.8 Å². The maximum atomic E-state index is 9.47. The topological polar surface area (TPSA) is 6.48 Å². The van der Waals surface area contributed by atoms with Crippen LogP contribution in [0.25, 0.3) is 22.3 Å². The highest BCUT2D eigenvalue weighted by Gasteiger charge is 2.44. The van der Waals surface area contributed by atoms with E-state index >= 15 is 0 Å². The molecule has 3 heteroatoms. The van der Waals surface area contributed by atoms with Crippen molar-refractivity contribution in [2.75, 3.05) is 9.80 Å². The molecule has 2 heterocycles. The first-order chi connectivity index (χ1) is 31.7. The quantitative estimate of drug-likeness (QED) is 0.165. The Morgan fingerprint density at radius 2 is 0.966 bits per heavy atom. The van der Waals surface area contributed by atoms with Crippen molar-refractivity contribution in [2.24, 2.45) is 0 Å². The number of fused-ring (bicyclic) bond motifs is 4. The molecule has 7 aromatic carbocycles. The van der Waals surface area contributed by atoms with Gasteiger partial charge in [-0.3, -0.25) is 0 Å². The van der Waals surface area contributed by atoms with Crippen molar-refractivity contribution in [3.8, 4) is 22.3 Å². The molecule has 0 fully saturated rings. The maximum absolute atomic E-state index is 9.47. The van der Waals surface area contributed by atoms with Crippen molar-refractivity contribution in [2.45, 2.75) is 85.5 Å². The van der Waals surface area contributed by atoms with Crippen LogP contribution in [0.15, 0.2) is 151 Å². The van der Waals surface area contributed by atoms with Crippen LogP contribution < -0.4 is 26.2 Å². The normalized spacial score (nSPS) is 16.0. The number of benzene rings is 7. The first-order valence-corrected chi connectivity index (χ1v) is 20.2. The van der Waals surface area contributed by atoms with Crippen molar-refractivity contribution in [3.63, 3.8) is 0 Å². The molecule has 0 spiro atoms. The minimum atomic E-state index is -0.617. The van der Waals surface area contributed by atoms with Gasteiger partial charge < -0.3 is 9.80 Å². The summed E-state index contributed by atoms with van der Waals surface area (Å²) in [5.74, 6) is 0. The van der Waals surface area contributed by atoms with E-state index in [4.69, 9.17) is 8.22 Å². The molecule has 0 N–H and O–H groups in total.